The van der Waals surface area contributed by atoms with E-state index in [0.29, 0.717) is 0 Å². The van der Waals surface area contributed by atoms with Crippen molar-refractivity contribution >= 4 is 17.4 Å². The lowest BCUT2D eigenvalue weighted by atomic mass is 10.1. The molecule has 2 aromatic rings. The number of hydrogen-bond donors (Lipinski definition) is 1. The topological polar surface area (TPSA) is 55.2 Å². The first-order chi connectivity index (χ1) is 10.2. The van der Waals surface area contributed by atoms with Gasteiger partial charge in [-0.1, -0.05) is 30.3 Å². The van der Waals surface area contributed by atoms with Crippen LogP contribution in [0.5, 0.6) is 0 Å². The van der Waals surface area contributed by atoms with Crippen LogP contribution in [0.3, 0.4) is 0 Å². The van der Waals surface area contributed by atoms with Crippen LogP contribution in [0.2, 0.25) is 0 Å². The summed E-state index contributed by atoms with van der Waals surface area (Å²) >= 11 is 1.79. The van der Waals surface area contributed by atoms with Gasteiger partial charge in [-0.05, 0) is 24.6 Å². The zero-order valence-electron chi connectivity index (χ0n) is 11.9. The molecule has 0 aliphatic carbocycles. The Labute approximate surface area is 128 Å². The highest BCUT2D eigenvalue weighted by Gasteiger charge is 2.10. The standard InChI is InChI=1S/C16H18N2O2S/c1-13(14-6-5-7-15(12-14)18(19)20)17-10-11-21-16-8-3-2-4-9-16/h2-9,12-13,17H,10-11H2,1H3. The van der Waals surface area contributed by atoms with Gasteiger partial charge >= 0.3 is 0 Å². The van der Waals surface area contributed by atoms with E-state index in [9.17, 15) is 10.1 Å². The van der Waals surface area contributed by atoms with Crippen molar-refractivity contribution in [3.8, 4) is 0 Å². The first kappa shape index (κ1) is 15.5. The minimum atomic E-state index is -0.360. The lowest BCUT2D eigenvalue weighted by Crippen LogP contribution is -2.21. The molecule has 1 unspecified atom stereocenters. The van der Waals surface area contributed by atoms with Crippen molar-refractivity contribution in [2.45, 2.75) is 17.9 Å². The largest absolute Gasteiger partial charge is 0.309 e. The Morgan fingerprint density at radius 3 is 2.67 bits per heavy atom. The monoisotopic (exact) mass is 302 g/mol. The summed E-state index contributed by atoms with van der Waals surface area (Å²) in [6.45, 7) is 2.87. The number of nitro groups is 1. The van der Waals surface area contributed by atoms with Gasteiger partial charge in [0, 0.05) is 35.4 Å². The van der Waals surface area contributed by atoms with Gasteiger partial charge in [-0.15, -0.1) is 11.8 Å². The van der Waals surface area contributed by atoms with Gasteiger partial charge in [0.05, 0.1) is 4.92 Å². The summed E-state index contributed by atoms with van der Waals surface area (Å²) in [6, 6.07) is 17.1. The molecule has 0 amide bonds. The van der Waals surface area contributed by atoms with E-state index in [4.69, 9.17) is 0 Å². The van der Waals surface area contributed by atoms with Gasteiger partial charge in [0.25, 0.3) is 5.69 Å². The number of non-ortho nitro benzene ring substituents is 1. The zero-order chi connectivity index (χ0) is 15.1. The second kappa shape index (κ2) is 7.81. The average molecular weight is 302 g/mol. The van der Waals surface area contributed by atoms with Crippen molar-refractivity contribution in [3.63, 3.8) is 0 Å². The van der Waals surface area contributed by atoms with Crippen molar-refractivity contribution in [2.24, 2.45) is 0 Å². The van der Waals surface area contributed by atoms with Crippen LogP contribution in [0.1, 0.15) is 18.5 Å². The fourth-order valence-electron chi connectivity index (χ4n) is 1.99. The zero-order valence-corrected chi connectivity index (χ0v) is 12.7. The summed E-state index contributed by atoms with van der Waals surface area (Å²) in [5, 5.41) is 14.2. The van der Waals surface area contributed by atoms with Crippen LogP contribution in [0.15, 0.2) is 59.5 Å². The normalized spacial score (nSPS) is 12.0. The maximum absolute atomic E-state index is 10.8. The third-order valence-electron chi connectivity index (χ3n) is 3.15. The van der Waals surface area contributed by atoms with E-state index >= 15 is 0 Å². The number of nitrogens with zero attached hydrogens (tertiary/aromatic N) is 1. The van der Waals surface area contributed by atoms with Crippen LogP contribution >= 0.6 is 11.8 Å². The molecule has 5 heteroatoms. The number of nitrogens with one attached hydrogen (secondary N) is 1. The van der Waals surface area contributed by atoms with Crippen LogP contribution in [-0.4, -0.2) is 17.2 Å². The minimum absolute atomic E-state index is 0.0984. The van der Waals surface area contributed by atoms with Crippen LogP contribution < -0.4 is 5.32 Å². The molecule has 0 bridgehead atoms. The van der Waals surface area contributed by atoms with E-state index in [-0.39, 0.29) is 16.7 Å². The molecule has 0 spiro atoms. The first-order valence-corrected chi connectivity index (χ1v) is 7.81. The molecule has 0 fully saturated rings. The summed E-state index contributed by atoms with van der Waals surface area (Å²) < 4.78 is 0. The quantitative estimate of drug-likeness (QED) is 0.363. The second-order valence-corrected chi connectivity index (χ2v) is 5.86. The van der Waals surface area contributed by atoms with Crippen molar-refractivity contribution in [1.29, 1.82) is 0 Å². The Hall–Kier alpha value is -1.85. The van der Waals surface area contributed by atoms with Gasteiger partial charge in [0.15, 0.2) is 0 Å². The van der Waals surface area contributed by atoms with Crippen LogP contribution in [-0.2, 0) is 0 Å². The maximum atomic E-state index is 10.8. The van der Waals surface area contributed by atoms with Crippen LogP contribution in [0.4, 0.5) is 5.69 Å². The van der Waals surface area contributed by atoms with Crippen molar-refractivity contribution in [3.05, 3.63) is 70.3 Å². The highest BCUT2D eigenvalue weighted by atomic mass is 32.2. The minimum Gasteiger partial charge on any atom is -0.309 e. The van der Waals surface area contributed by atoms with Gasteiger partial charge in [0.2, 0.25) is 0 Å². The Balaban J connectivity index is 1.80. The summed E-state index contributed by atoms with van der Waals surface area (Å²) in [5.74, 6) is 0.962. The molecule has 0 aliphatic heterocycles. The molecule has 0 saturated heterocycles. The summed E-state index contributed by atoms with van der Waals surface area (Å²) in [6.07, 6.45) is 0. The maximum Gasteiger partial charge on any atom is 0.269 e. The van der Waals surface area contributed by atoms with E-state index in [1.165, 1.54) is 11.0 Å². The van der Waals surface area contributed by atoms with E-state index < -0.39 is 0 Å². The molecule has 1 atom stereocenters. The molecule has 0 heterocycles. The van der Waals surface area contributed by atoms with E-state index in [1.54, 1.807) is 23.9 Å². The number of rotatable bonds is 7. The summed E-state index contributed by atoms with van der Waals surface area (Å²) in [4.78, 5) is 11.7. The Kier molecular flexibility index (Phi) is 5.78. The molecular weight excluding hydrogens is 284 g/mol. The Bertz CT molecular complexity index is 590. The molecular formula is C16H18N2O2S. The Morgan fingerprint density at radius 1 is 1.19 bits per heavy atom. The highest BCUT2D eigenvalue weighted by molar-refractivity contribution is 7.99. The molecule has 2 rings (SSSR count). The molecule has 1 N–H and O–H groups in total. The number of hydrogen-bond acceptors (Lipinski definition) is 4. The smallest absolute Gasteiger partial charge is 0.269 e. The van der Waals surface area contributed by atoms with Gasteiger partial charge in [-0.3, -0.25) is 10.1 Å². The number of benzene rings is 2. The van der Waals surface area contributed by atoms with E-state index in [0.717, 1.165) is 17.9 Å². The predicted octanol–water partition coefficient (Wildman–Crippen LogP) is 4.04. The number of thioether (sulfide) groups is 1. The molecule has 0 aromatic heterocycles. The highest BCUT2D eigenvalue weighted by Crippen LogP contribution is 2.20. The van der Waals surface area contributed by atoms with E-state index in [1.807, 2.05) is 31.2 Å². The van der Waals surface area contributed by atoms with E-state index in [2.05, 4.69) is 17.4 Å². The third-order valence-corrected chi connectivity index (χ3v) is 4.16. The van der Waals surface area contributed by atoms with Crippen molar-refractivity contribution in [2.75, 3.05) is 12.3 Å². The summed E-state index contributed by atoms with van der Waals surface area (Å²) in [7, 11) is 0. The number of nitro benzene ring substituents is 1. The summed E-state index contributed by atoms with van der Waals surface area (Å²) in [5.41, 5.74) is 1.08. The van der Waals surface area contributed by atoms with Gasteiger partial charge in [-0.2, -0.15) is 0 Å². The van der Waals surface area contributed by atoms with Crippen molar-refractivity contribution in [1.82, 2.24) is 5.32 Å². The average Bonchev–Trinajstić information content (AvgIpc) is 2.52. The van der Waals surface area contributed by atoms with Crippen LogP contribution in [0.25, 0.3) is 0 Å². The Morgan fingerprint density at radius 2 is 1.95 bits per heavy atom. The molecule has 0 radical (unpaired) electrons. The fourth-order valence-corrected chi connectivity index (χ4v) is 2.79. The molecule has 110 valence electrons. The SMILES string of the molecule is CC(NCCSc1ccccc1)c1cccc([N+](=O)[O-])c1. The lowest BCUT2D eigenvalue weighted by molar-refractivity contribution is -0.384. The molecule has 0 saturated carbocycles. The van der Waals surface area contributed by atoms with Gasteiger partial charge < -0.3 is 5.32 Å². The molecule has 2 aromatic carbocycles. The lowest BCUT2D eigenvalue weighted by Gasteiger charge is -2.13. The van der Waals surface area contributed by atoms with Gasteiger partial charge in [-0.25, -0.2) is 0 Å². The first-order valence-electron chi connectivity index (χ1n) is 6.82. The molecule has 0 aliphatic rings. The molecule has 21 heavy (non-hydrogen) atoms. The fraction of sp³-hybridized carbons (Fsp3) is 0.250. The third kappa shape index (κ3) is 4.88. The molecule has 4 nitrogen and oxygen atoms in total. The van der Waals surface area contributed by atoms with Crippen molar-refractivity contribution < 1.29 is 4.92 Å². The van der Waals surface area contributed by atoms with Gasteiger partial charge in [0.1, 0.15) is 0 Å². The predicted molar refractivity (Wildman–Crippen MR) is 86.7 cm³/mol. The second-order valence-electron chi connectivity index (χ2n) is 4.69. The van der Waals surface area contributed by atoms with Crippen LogP contribution in [0, 0.1) is 10.1 Å².